The fourth-order valence-corrected chi connectivity index (χ4v) is 15.3. The van der Waals surface area contributed by atoms with Gasteiger partial charge >= 0.3 is 0 Å². The average molecular weight is 619 g/mol. The average Bonchev–Trinajstić information content (AvgIpc) is 2.59. The Morgan fingerprint density at radius 2 is 0.962 bits per heavy atom. The number of thioether (sulfide) groups is 8. The first-order valence-electron chi connectivity index (χ1n) is 7.24. The third kappa shape index (κ3) is 16.5. The summed E-state index contributed by atoms with van der Waals surface area (Å²) < 4.78 is 2.60. The van der Waals surface area contributed by atoms with Gasteiger partial charge in [0.15, 0.2) is 0 Å². The maximum Gasteiger partial charge on any atom is 0.0729 e. The summed E-state index contributed by atoms with van der Waals surface area (Å²) in [6.45, 7) is 0. The molecular weight excluding hydrogens is 593 g/mol. The maximum atomic E-state index is 4.25. The molecule has 0 aromatic carbocycles. The van der Waals surface area contributed by atoms with Gasteiger partial charge in [-0.2, -0.15) is 75.8 Å². The molecule has 0 N–H and O–H groups in total. The molecule has 0 radical (unpaired) electrons. The van der Waals surface area contributed by atoms with Crippen molar-refractivity contribution in [3.63, 3.8) is 0 Å². The molecule has 1 saturated heterocycles. The molecule has 1 heterocycles. The number of hydrogen-bond acceptors (Lipinski definition) is 14. The van der Waals surface area contributed by atoms with E-state index >= 15 is 0 Å². The van der Waals surface area contributed by atoms with Crippen molar-refractivity contribution < 1.29 is 0 Å². The molecule has 0 spiro atoms. The fraction of sp³-hybridized carbons (Fsp3) is 1.00. The van der Waals surface area contributed by atoms with Gasteiger partial charge in [-0.1, -0.05) is 0 Å². The minimum absolute atomic E-state index is 0.527. The molecule has 1 rings (SSSR count). The second-order valence-electron chi connectivity index (χ2n) is 4.06. The van der Waals surface area contributed by atoms with Crippen LogP contribution in [0.3, 0.4) is 0 Å². The molecule has 158 valence electrons. The van der Waals surface area contributed by atoms with Crippen LogP contribution in [0.2, 0.25) is 0 Å². The van der Waals surface area contributed by atoms with Crippen LogP contribution in [0.25, 0.3) is 0 Å². The van der Waals surface area contributed by atoms with E-state index < -0.39 is 0 Å². The predicted octanol–water partition coefficient (Wildman–Crippen LogP) is 7.83. The highest BCUT2D eigenvalue weighted by Gasteiger charge is 2.23. The topological polar surface area (TPSA) is 0 Å². The van der Waals surface area contributed by atoms with Crippen LogP contribution in [0.1, 0.15) is 6.42 Å². The zero-order chi connectivity index (χ0) is 19.6. The van der Waals surface area contributed by atoms with Crippen molar-refractivity contribution >= 4 is 170 Å². The first kappa shape index (κ1) is 30.9. The standard InChI is InChI=1S/C6H14S8.C6H12S6/c7-1-11-5(12-2-8)6(13-3-9)14-4-10;7-2-9-5(10-3-8)1-6-11-4-12-6/h5-10H,1-4H2;5-8H,1-4H2. The van der Waals surface area contributed by atoms with Crippen molar-refractivity contribution in [3.05, 3.63) is 0 Å². The summed E-state index contributed by atoms with van der Waals surface area (Å²) >= 11 is 40.9. The van der Waals surface area contributed by atoms with Gasteiger partial charge in [0.1, 0.15) is 0 Å². The molecule has 0 atom stereocenters. The Morgan fingerprint density at radius 3 is 1.19 bits per heavy atom. The van der Waals surface area contributed by atoms with Crippen LogP contribution >= 0.6 is 170 Å². The Labute approximate surface area is 227 Å². The van der Waals surface area contributed by atoms with E-state index in [1.54, 1.807) is 0 Å². The summed E-state index contributed by atoms with van der Waals surface area (Å²) in [5.74, 6) is 0. The van der Waals surface area contributed by atoms with Gasteiger partial charge in [0.25, 0.3) is 0 Å². The highest BCUT2D eigenvalue weighted by molar-refractivity contribution is 8.32. The summed E-state index contributed by atoms with van der Waals surface area (Å²) in [6, 6.07) is 0. The molecule has 0 bridgehead atoms. The quantitative estimate of drug-likeness (QED) is 0.0802. The molecule has 1 aliphatic heterocycles. The Morgan fingerprint density at radius 1 is 0.615 bits per heavy atom. The number of rotatable bonds is 15. The van der Waals surface area contributed by atoms with Crippen LogP contribution in [-0.2, 0) is 0 Å². The van der Waals surface area contributed by atoms with E-state index in [9.17, 15) is 0 Å². The third-order valence-corrected chi connectivity index (χ3v) is 15.9. The number of hydrogen-bond donors (Lipinski definition) is 6. The van der Waals surface area contributed by atoms with Crippen molar-refractivity contribution in [2.75, 3.05) is 35.6 Å². The second-order valence-corrected chi connectivity index (χ2v) is 19.4. The fourth-order valence-electron chi connectivity index (χ4n) is 1.51. The van der Waals surface area contributed by atoms with Gasteiger partial charge in [0.2, 0.25) is 0 Å². The lowest BCUT2D eigenvalue weighted by molar-refractivity contribution is 1.03. The largest absolute Gasteiger partial charge is 0.168 e. The van der Waals surface area contributed by atoms with Gasteiger partial charge in [-0.25, -0.2) is 0 Å². The van der Waals surface area contributed by atoms with Crippen LogP contribution < -0.4 is 0 Å². The van der Waals surface area contributed by atoms with Crippen molar-refractivity contribution in [3.8, 4) is 0 Å². The SMILES string of the molecule is SCSC(CC1SCS1)SCS.SCSC(SCS)C(SCS)SCS. The third-order valence-electron chi connectivity index (χ3n) is 2.59. The van der Waals surface area contributed by atoms with Crippen LogP contribution in [0.15, 0.2) is 0 Å². The molecule has 0 aromatic heterocycles. The number of thiol groups is 6. The van der Waals surface area contributed by atoms with Crippen LogP contribution in [0.5, 0.6) is 0 Å². The summed E-state index contributed by atoms with van der Waals surface area (Å²) in [4.78, 5) is 0. The van der Waals surface area contributed by atoms with Gasteiger partial charge in [-0.15, -0.1) is 94.1 Å². The molecule has 1 aliphatic rings. The molecule has 0 unspecified atom stereocenters. The minimum Gasteiger partial charge on any atom is -0.168 e. The summed E-state index contributed by atoms with van der Waals surface area (Å²) in [6.07, 6.45) is 1.30. The minimum atomic E-state index is 0.527. The molecule has 0 nitrogen and oxygen atoms in total. The Hall–Kier alpha value is 4.90. The molecule has 0 amide bonds. The van der Waals surface area contributed by atoms with Crippen LogP contribution in [0.4, 0.5) is 0 Å². The van der Waals surface area contributed by atoms with E-state index in [4.69, 9.17) is 0 Å². The smallest absolute Gasteiger partial charge is 0.0729 e. The lowest BCUT2D eigenvalue weighted by Crippen LogP contribution is -2.13. The van der Waals surface area contributed by atoms with Gasteiger partial charge in [0.05, 0.1) is 18.3 Å². The Balaban J connectivity index is 0.000000485. The van der Waals surface area contributed by atoms with Crippen LogP contribution in [-0.4, -0.2) is 53.9 Å². The van der Waals surface area contributed by atoms with Gasteiger partial charge in [0, 0.05) is 35.6 Å². The monoisotopic (exact) mass is 618 g/mol. The van der Waals surface area contributed by atoms with Crippen LogP contribution in [0, 0.1) is 0 Å². The summed E-state index contributed by atoms with van der Waals surface area (Å²) in [5, 5.41) is 6.53. The van der Waals surface area contributed by atoms with E-state index in [-0.39, 0.29) is 0 Å². The first-order chi connectivity index (χ1) is 12.7. The summed E-state index contributed by atoms with van der Waals surface area (Å²) in [7, 11) is 0. The summed E-state index contributed by atoms with van der Waals surface area (Å²) in [5.41, 5.74) is 0. The van der Waals surface area contributed by atoms with Crippen molar-refractivity contribution in [2.24, 2.45) is 0 Å². The van der Waals surface area contributed by atoms with E-state index in [0.717, 1.165) is 35.1 Å². The van der Waals surface area contributed by atoms with E-state index in [1.807, 2.05) is 70.6 Å². The highest BCUT2D eigenvalue weighted by Crippen LogP contribution is 2.45. The zero-order valence-corrected chi connectivity index (χ0v) is 25.8. The molecule has 1 fully saturated rings. The van der Waals surface area contributed by atoms with E-state index in [1.165, 1.54) is 11.5 Å². The molecule has 0 aliphatic carbocycles. The van der Waals surface area contributed by atoms with Gasteiger partial charge in [-0.05, 0) is 6.42 Å². The zero-order valence-electron chi connectivity index (χ0n) is 13.9. The van der Waals surface area contributed by atoms with Gasteiger partial charge < -0.3 is 0 Å². The lowest BCUT2D eigenvalue weighted by Gasteiger charge is -2.27. The van der Waals surface area contributed by atoms with Crippen molar-refractivity contribution in [1.29, 1.82) is 0 Å². The second kappa shape index (κ2) is 23.1. The normalized spacial score (nSPS) is 14.7. The molecule has 14 heteroatoms. The first-order valence-corrected chi connectivity index (χ1v) is 19.4. The molecule has 0 saturated carbocycles. The molecule has 26 heavy (non-hydrogen) atoms. The lowest BCUT2D eigenvalue weighted by atomic mass is 10.5. The predicted molar refractivity (Wildman–Crippen MR) is 168 cm³/mol. The molecular formula is C12H26S14. The van der Waals surface area contributed by atoms with Crippen molar-refractivity contribution in [1.82, 2.24) is 0 Å². The Kier molecular flexibility index (Phi) is 27.4. The van der Waals surface area contributed by atoms with E-state index in [0.29, 0.717) is 13.7 Å². The Bertz CT molecular complexity index is 259. The highest BCUT2D eigenvalue weighted by atomic mass is 32.3. The maximum absolute atomic E-state index is 4.25. The van der Waals surface area contributed by atoms with E-state index in [2.05, 4.69) is 99.3 Å². The van der Waals surface area contributed by atoms with Crippen molar-refractivity contribution in [2.45, 2.75) is 24.7 Å². The van der Waals surface area contributed by atoms with Gasteiger partial charge in [-0.3, -0.25) is 0 Å². The molecule has 0 aromatic rings.